The molecule has 0 saturated carbocycles. The zero-order valence-electron chi connectivity index (χ0n) is 13.3. The fourth-order valence-electron chi connectivity index (χ4n) is 3.34. The average molecular weight is 584 g/mol. The molecule has 0 amide bonds. The third-order valence-corrected chi connectivity index (χ3v) is 4.61. The van der Waals surface area contributed by atoms with Crippen molar-refractivity contribution in [3.63, 3.8) is 0 Å². The second kappa shape index (κ2) is 7.70. The van der Waals surface area contributed by atoms with E-state index in [-0.39, 0.29) is 0 Å². The number of hydrogen-bond acceptors (Lipinski definition) is 2. The summed E-state index contributed by atoms with van der Waals surface area (Å²) in [6.07, 6.45) is 1.80. The van der Waals surface area contributed by atoms with Crippen LogP contribution in [0.15, 0.2) is 60.8 Å². The predicted octanol–water partition coefficient (Wildman–Crippen LogP) is 6.26. The SMILES string of the molecule is ClCc1cc2nc(-c3ccccn3)c3c4ccccc4c(c1)n23.[Cl][Pt][Cl]. The monoisotopic (exact) mass is 582 g/mol. The maximum absolute atomic E-state index is 6.07. The summed E-state index contributed by atoms with van der Waals surface area (Å²) in [5.74, 6) is 0.479. The number of aromatic nitrogens is 3. The second-order valence-electron chi connectivity index (χ2n) is 5.69. The molecule has 0 radical (unpaired) electrons. The Bertz CT molecular complexity index is 1170. The summed E-state index contributed by atoms with van der Waals surface area (Å²) < 4.78 is 2.21. The van der Waals surface area contributed by atoms with Crippen LogP contribution < -0.4 is 0 Å². The van der Waals surface area contributed by atoms with Crippen molar-refractivity contribution in [3.05, 3.63) is 66.4 Å². The molecule has 0 spiro atoms. The Balaban J connectivity index is 0.000000527. The van der Waals surface area contributed by atoms with Gasteiger partial charge in [0.1, 0.15) is 11.3 Å². The quantitative estimate of drug-likeness (QED) is 0.230. The topological polar surface area (TPSA) is 30.2 Å². The Kier molecular flexibility index (Phi) is 5.33. The number of imidazole rings is 1. The van der Waals surface area contributed by atoms with Gasteiger partial charge in [-0.05, 0) is 29.8 Å². The van der Waals surface area contributed by atoms with E-state index in [1.807, 2.05) is 18.2 Å². The van der Waals surface area contributed by atoms with E-state index >= 15 is 0 Å². The number of hydrogen-bond donors (Lipinski definition) is 0. The maximum atomic E-state index is 6.07. The van der Waals surface area contributed by atoms with Crippen LogP contribution in [0.5, 0.6) is 0 Å². The molecule has 0 N–H and O–H groups in total. The third kappa shape index (κ3) is 2.97. The van der Waals surface area contributed by atoms with E-state index in [1.54, 1.807) is 6.20 Å². The summed E-state index contributed by atoms with van der Waals surface area (Å²) in [5.41, 5.74) is 6.08. The van der Waals surface area contributed by atoms with Crippen LogP contribution in [-0.4, -0.2) is 14.4 Å². The van der Waals surface area contributed by atoms with Crippen LogP contribution in [0.25, 0.3) is 38.8 Å². The number of halogens is 3. The predicted molar refractivity (Wildman–Crippen MR) is 106 cm³/mol. The first-order chi connectivity index (χ1) is 12.8. The summed E-state index contributed by atoms with van der Waals surface area (Å²) >= 11 is 5.60. The molecule has 0 unspecified atom stereocenters. The van der Waals surface area contributed by atoms with Crippen LogP contribution in [0, 0.1) is 0 Å². The minimum atomic E-state index is -0.472. The van der Waals surface area contributed by atoms with Gasteiger partial charge >= 0.3 is 35.3 Å². The van der Waals surface area contributed by atoms with Gasteiger partial charge in [-0.15, -0.1) is 11.6 Å². The molecule has 0 aliphatic heterocycles. The minimum absolute atomic E-state index is 0.472. The van der Waals surface area contributed by atoms with E-state index in [1.165, 1.54) is 10.8 Å². The molecule has 7 heteroatoms. The zero-order valence-corrected chi connectivity index (χ0v) is 17.8. The number of benzene rings is 1. The van der Waals surface area contributed by atoms with Crippen LogP contribution >= 0.6 is 30.4 Å². The molecule has 5 rings (SSSR count). The molecule has 26 heavy (non-hydrogen) atoms. The van der Waals surface area contributed by atoms with Crippen molar-refractivity contribution >= 4 is 57.9 Å². The fraction of sp³-hybridized carbons (Fsp3) is 0.0526. The molecular weight excluding hydrogens is 572 g/mol. The molecule has 134 valence electrons. The Labute approximate surface area is 171 Å². The van der Waals surface area contributed by atoms with E-state index in [2.05, 4.69) is 45.8 Å². The Morgan fingerprint density at radius 3 is 2.38 bits per heavy atom. The molecule has 4 heterocycles. The molecule has 1 aromatic carbocycles. The summed E-state index contributed by atoms with van der Waals surface area (Å²) in [6.45, 7) is 0. The van der Waals surface area contributed by atoms with Crippen molar-refractivity contribution in [3.8, 4) is 11.4 Å². The Morgan fingerprint density at radius 2 is 1.69 bits per heavy atom. The fourth-order valence-corrected chi connectivity index (χ4v) is 3.50. The van der Waals surface area contributed by atoms with Crippen molar-refractivity contribution < 1.29 is 16.5 Å². The van der Waals surface area contributed by atoms with Crippen LogP contribution in [-0.2, 0) is 22.4 Å². The zero-order chi connectivity index (χ0) is 18.1. The third-order valence-electron chi connectivity index (χ3n) is 4.30. The number of alkyl halides is 1. The number of nitrogens with zero attached hydrogens (tertiary/aromatic N) is 3. The molecule has 5 aromatic rings. The van der Waals surface area contributed by atoms with Gasteiger partial charge in [-0.25, -0.2) is 4.98 Å². The van der Waals surface area contributed by atoms with E-state index in [0.717, 1.165) is 33.6 Å². The summed E-state index contributed by atoms with van der Waals surface area (Å²) in [4.78, 5) is 9.33. The standard InChI is InChI=1S/C19H12ClN3.2ClH.Pt/c20-11-12-9-16-13-5-1-2-6-14(13)19-18(15-7-3-4-8-21-15)22-17(10-12)23(16)19;;;/h1-10H,11H2;2*1H;/q;;;+2/p-2. The van der Waals surface area contributed by atoms with E-state index in [0.29, 0.717) is 5.88 Å². The molecule has 4 aromatic heterocycles. The normalized spacial score (nSPS) is 11.3. The van der Waals surface area contributed by atoms with Gasteiger partial charge in [0.05, 0.1) is 16.7 Å². The number of fused-ring (bicyclic) bond motifs is 3. The molecule has 0 aliphatic rings. The van der Waals surface area contributed by atoms with Gasteiger partial charge in [-0.3, -0.25) is 9.38 Å². The van der Waals surface area contributed by atoms with Crippen molar-refractivity contribution in [1.82, 2.24) is 14.4 Å². The molecule has 3 nitrogen and oxygen atoms in total. The first kappa shape index (κ1) is 18.0. The number of rotatable bonds is 2. The van der Waals surface area contributed by atoms with Gasteiger partial charge in [-0.1, -0.05) is 30.3 Å². The Hall–Kier alpha value is -1.38. The van der Waals surface area contributed by atoms with Crippen LogP contribution in [0.2, 0.25) is 0 Å². The molecule has 0 bridgehead atoms. The van der Waals surface area contributed by atoms with E-state index in [9.17, 15) is 0 Å². The summed E-state index contributed by atoms with van der Waals surface area (Å²) in [5, 5.41) is 2.42. The molecular formula is C19H12Cl3N3Pt. The molecule has 0 fully saturated rings. The average Bonchev–Trinajstić information content (AvgIpc) is 3.23. The Morgan fingerprint density at radius 1 is 0.962 bits per heavy atom. The van der Waals surface area contributed by atoms with Crippen molar-refractivity contribution in [2.45, 2.75) is 5.88 Å². The van der Waals surface area contributed by atoms with Gasteiger partial charge < -0.3 is 0 Å². The van der Waals surface area contributed by atoms with Crippen molar-refractivity contribution in [2.75, 3.05) is 0 Å². The van der Waals surface area contributed by atoms with Gasteiger partial charge in [0.15, 0.2) is 0 Å². The van der Waals surface area contributed by atoms with E-state index < -0.39 is 16.5 Å². The molecule has 0 saturated heterocycles. The number of pyridine rings is 2. The van der Waals surface area contributed by atoms with Gasteiger partial charge in [0.25, 0.3) is 0 Å². The van der Waals surface area contributed by atoms with Gasteiger partial charge in [0.2, 0.25) is 0 Å². The molecule has 0 aliphatic carbocycles. The summed E-state index contributed by atoms with van der Waals surface area (Å²) in [6, 6.07) is 18.5. The van der Waals surface area contributed by atoms with Crippen LogP contribution in [0.3, 0.4) is 0 Å². The summed E-state index contributed by atoms with van der Waals surface area (Å²) in [7, 11) is 9.75. The van der Waals surface area contributed by atoms with Gasteiger partial charge in [-0.2, -0.15) is 0 Å². The van der Waals surface area contributed by atoms with Crippen molar-refractivity contribution in [2.24, 2.45) is 0 Å². The van der Waals surface area contributed by atoms with Crippen LogP contribution in [0.1, 0.15) is 5.56 Å². The first-order valence-corrected chi connectivity index (χ1v) is 13.9. The second-order valence-corrected chi connectivity index (χ2v) is 9.24. The van der Waals surface area contributed by atoms with E-state index in [4.69, 9.17) is 35.4 Å². The molecule has 0 atom stereocenters. The first-order valence-electron chi connectivity index (χ1n) is 7.73. The van der Waals surface area contributed by atoms with Gasteiger partial charge in [0, 0.05) is 22.8 Å². The van der Waals surface area contributed by atoms with Crippen LogP contribution in [0.4, 0.5) is 0 Å². The van der Waals surface area contributed by atoms with Crippen molar-refractivity contribution in [1.29, 1.82) is 0 Å².